The Labute approximate surface area is 182 Å². The number of aryl methyl sites for hydroxylation is 2. The maximum atomic E-state index is 12.1. The van der Waals surface area contributed by atoms with Crippen LogP contribution in [0.1, 0.15) is 22.3 Å². The Morgan fingerprint density at radius 2 is 1.81 bits per heavy atom. The summed E-state index contributed by atoms with van der Waals surface area (Å²) in [5.41, 5.74) is 8.01. The fourth-order valence-electron chi connectivity index (χ4n) is 3.60. The van der Waals surface area contributed by atoms with Gasteiger partial charge in [-0.05, 0) is 37.1 Å². The van der Waals surface area contributed by atoms with E-state index in [-0.39, 0.29) is 12.5 Å². The van der Waals surface area contributed by atoms with Gasteiger partial charge in [0, 0.05) is 29.2 Å². The van der Waals surface area contributed by atoms with Crippen molar-refractivity contribution in [2.24, 2.45) is 5.10 Å². The number of hydrogen-bond donors (Lipinski definition) is 1. The van der Waals surface area contributed by atoms with Gasteiger partial charge in [0.2, 0.25) is 0 Å². The van der Waals surface area contributed by atoms with Gasteiger partial charge in [-0.15, -0.1) is 0 Å². The Morgan fingerprint density at radius 1 is 1.03 bits per heavy atom. The maximum absolute atomic E-state index is 12.1. The smallest absolute Gasteiger partial charge is 0.277 e. The lowest BCUT2D eigenvalue weighted by molar-refractivity contribution is -0.123. The molecule has 1 amide bonds. The topological polar surface area (TPSA) is 55.6 Å². The number of aromatic nitrogens is 1. The highest BCUT2D eigenvalue weighted by atomic mass is 16.5. The molecule has 4 aromatic rings. The third-order valence-electron chi connectivity index (χ3n) is 5.10. The van der Waals surface area contributed by atoms with Crippen molar-refractivity contribution in [3.8, 4) is 5.75 Å². The highest BCUT2D eigenvalue weighted by Gasteiger charge is 2.08. The lowest BCUT2D eigenvalue weighted by Gasteiger charge is -2.08. The third kappa shape index (κ3) is 5.01. The van der Waals surface area contributed by atoms with Crippen LogP contribution in [0.4, 0.5) is 0 Å². The van der Waals surface area contributed by atoms with Crippen molar-refractivity contribution in [3.05, 3.63) is 101 Å². The van der Waals surface area contributed by atoms with Gasteiger partial charge >= 0.3 is 0 Å². The zero-order valence-corrected chi connectivity index (χ0v) is 17.7. The second-order valence-corrected chi connectivity index (χ2v) is 7.57. The molecule has 31 heavy (non-hydrogen) atoms. The Morgan fingerprint density at radius 3 is 2.61 bits per heavy atom. The fraction of sp³-hybridized carbons (Fsp3) is 0.154. The van der Waals surface area contributed by atoms with Gasteiger partial charge in [-0.1, -0.05) is 66.2 Å². The second-order valence-electron chi connectivity index (χ2n) is 7.57. The summed E-state index contributed by atoms with van der Waals surface area (Å²) in [6.45, 7) is 4.67. The van der Waals surface area contributed by atoms with Gasteiger partial charge in [0.25, 0.3) is 5.91 Å². The van der Waals surface area contributed by atoms with Gasteiger partial charge < -0.3 is 9.30 Å². The lowest BCUT2D eigenvalue weighted by Crippen LogP contribution is -2.24. The van der Waals surface area contributed by atoms with Crippen LogP contribution in [0.5, 0.6) is 5.75 Å². The number of nitrogens with one attached hydrogen (secondary N) is 1. The van der Waals surface area contributed by atoms with E-state index in [9.17, 15) is 4.79 Å². The molecule has 0 unspecified atom stereocenters. The summed E-state index contributed by atoms with van der Waals surface area (Å²) < 4.78 is 7.80. The van der Waals surface area contributed by atoms with Gasteiger partial charge in [0.15, 0.2) is 6.61 Å². The summed E-state index contributed by atoms with van der Waals surface area (Å²) in [7, 11) is 0. The van der Waals surface area contributed by atoms with Crippen molar-refractivity contribution in [2.75, 3.05) is 6.61 Å². The molecule has 0 saturated carbocycles. The first-order valence-corrected chi connectivity index (χ1v) is 10.2. The molecule has 1 N–H and O–H groups in total. The molecule has 0 saturated heterocycles. The molecule has 1 heterocycles. The lowest BCUT2D eigenvalue weighted by atomic mass is 10.1. The van der Waals surface area contributed by atoms with Crippen LogP contribution in [0.15, 0.2) is 84.1 Å². The van der Waals surface area contributed by atoms with E-state index in [1.54, 1.807) is 6.21 Å². The van der Waals surface area contributed by atoms with Crippen LogP contribution in [0, 0.1) is 13.8 Å². The number of benzene rings is 3. The second kappa shape index (κ2) is 9.30. The molecule has 0 radical (unpaired) electrons. The first kappa shape index (κ1) is 20.4. The molecule has 0 aliphatic carbocycles. The van der Waals surface area contributed by atoms with E-state index in [4.69, 9.17) is 4.74 Å². The summed E-state index contributed by atoms with van der Waals surface area (Å²) in [5, 5.41) is 5.23. The minimum atomic E-state index is -0.302. The normalized spacial score (nSPS) is 11.2. The Balaban J connectivity index is 1.42. The van der Waals surface area contributed by atoms with Crippen LogP contribution < -0.4 is 10.2 Å². The van der Waals surface area contributed by atoms with E-state index in [2.05, 4.69) is 45.6 Å². The highest BCUT2D eigenvalue weighted by Crippen LogP contribution is 2.21. The van der Waals surface area contributed by atoms with Crippen molar-refractivity contribution < 1.29 is 9.53 Å². The standard InChI is InChI=1S/C26H25N3O2/c1-19-12-13-25(20(2)14-19)31-18-26(30)28-27-15-22-17-29(16-21-8-4-3-5-9-21)24-11-7-6-10-23(22)24/h3-15,17H,16,18H2,1-2H3,(H,28,30)/b27-15+. The van der Waals surface area contributed by atoms with E-state index in [1.807, 2.05) is 62.4 Å². The predicted molar refractivity (Wildman–Crippen MR) is 125 cm³/mol. The van der Waals surface area contributed by atoms with Gasteiger partial charge in [0.1, 0.15) is 5.75 Å². The van der Waals surface area contributed by atoms with Crippen LogP contribution in [-0.4, -0.2) is 23.3 Å². The average molecular weight is 412 g/mol. The van der Waals surface area contributed by atoms with Crippen molar-refractivity contribution in [1.82, 2.24) is 9.99 Å². The van der Waals surface area contributed by atoms with Crippen molar-refractivity contribution >= 4 is 23.0 Å². The minimum absolute atomic E-state index is 0.0863. The number of fused-ring (bicyclic) bond motifs is 1. The Kier molecular flexibility index (Phi) is 6.13. The van der Waals surface area contributed by atoms with E-state index in [1.165, 1.54) is 5.56 Å². The largest absolute Gasteiger partial charge is 0.483 e. The van der Waals surface area contributed by atoms with E-state index in [0.717, 1.165) is 34.1 Å². The molecular formula is C26H25N3O2. The molecule has 4 rings (SSSR count). The zero-order valence-electron chi connectivity index (χ0n) is 17.7. The molecule has 156 valence electrons. The summed E-state index contributed by atoms with van der Waals surface area (Å²) in [5.74, 6) is 0.401. The van der Waals surface area contributed by atoms with Crippen LogP contribution in [0.2, 0.25) is 0 Å². The van der Waals surface area contributed by atoms with Crippen LogP contribution in [0.3, 0.4) is 0 Å². The van der Waals surface area contributed by atoms with Gasteiger partial charge in [-0.2, -0.15) is 5.10 Å². The molecule has 0 fully saturated rings. The molecule has 0 aliphatic rings. The molecule has 5 heteroatoms. The number of ether oxygens (including phenoxy) is 1. The quantitative estimate of drug-likeness (QED) is 0.350. The van der Waals surface area contributed by atoms with Crippen molar-refractivity contribution in [1.29, 1.82) is 0 Å². The molecule has 0 spiro atoms. The fourth-order valence-corrected chi connectivity index (χ4v) is 3.60. The summed E-state index contributed by atoms with van der Waals surface area (Å²) in [4.78, 5) is 12.1. The number of hydrogen-bond acceptors (Lipinski definition) is 3. The number of amides is 1. The molecule has 1 aromatic heterocycles. The molecule has 0 bridgehead atoms. The third-order valence-corrected chi connectivity index (χ3v) is 5.10. The number of nitrogens with zero attached hydrogens (tertiary/aromatic N) is 2. The first-order chi connectivity index (χ1) is 15.1. The van der Waals surface area contributed by atoms with E-state index < -0.39 is 0 Å². The van der Waals surface area contributed by atoms with Crippen LogP contribution >= 0.6 is 0 Å². The first-order valence-electron chi connectivity index (χ1n) is 10.2. The number of hydrazone groups is 1. The van der Waals surface area contributed by atoms with Gasteiger partial charge in [-0.3, -0.25) is 4.79 Å². The summed E-state index contributed by atoms with van der Waals surface area (Å²) >= 11 is 0. The van der Waals surface area contributed by atoms with Gasteiger partial charge in [0.05, 0.1) is 6.21 Å². The molecule has 0 aliphatic heterocycles. The highest BCUT2D eigenvalue weighted by molar-refractivity contribution is 5.99. The van der Waals surface area contributed by atoms with Crippen LogP contribution in [-0.2, 0) is 11.3 Å². The Hall–Kier alpha value is -3.86. The zero-order chi connectivity index (χ0) is 21.6. The summed E-state index contributed by atoms with van der Waals surface area (Å²) in [6.07, 6.45) is 3.73. The van der Waals surface area contributed by atoms with Crippen molar-refractivity contribution in [2.45, 2.75) is 20.4 Å². The number of para-hydroxylation sites is 1. The molecule has 3 aromatic carbocycles. The van der Waals surface area contributed by atoms with E-state index in [0.29, 0.717) is 5.75 Å². The molecular weight excluding hydrogens is 386 g/mol. The average Bonchev–Trinajstić information content (AvgIpc) is 3.11. The van der Waals surface area contributed by atoms with Crippen LogP contribution in [0.25, 0.3) is 10.9 Å². The number of carbonyl (C=O) groups excluding carboxylic acids is 1. The maximum Gasteiger partial charge on any atom is 0.277 e. The molecule has 0 atom stereocenters. The Bertz CT molecular complexity index is 1230. The minimum Gasteiger partial charge on any atom is -0.483 e. The predicted octanol–water partition coefficient (Wildman–Crippen LogP) is 4.84. The van der Waals surface area contributed by atoms with Crippen molar-refractivity contribution in [3.63, 3.8) is 0 Å². The van der Waals surface area contributed by atoms with Gasteiger partial charge in [-0.25, -0.2) is 5.43 Å². The number of rotatable bonds is 7. The summed E-state index contributed by atoms with van der Waals surface area (Å²) in [6, 6.07) is 24.4. The molecule has 5 nitrogen and oxygen atoms in total. The SMILES string of the molecule is Cc1ccc(OCC(=O)N/N=C/c2cn(Cc3ccccc3)c3ccccc23)c(C)c1. The monoisotopic (exact) mass is 411 g/mol. The number of carbonyl (C=O) groups is 1. The van der Waals surface area contributed by atoms with E-state index >= 15 is 0 Å².